The highest BCUT2D eigenvalue weighted by atomic mass is 35.5. The number of nitrogens with one attached hydrogen (secondary N) is 1. The molecule has 3 aromatic rings. The molecule has 3 aromatic carbocycles. The van der Waals surface area contributed by atoms with Gasteiger partial charge in [0.25, 0.3) is 0 Å². The topological polar surface area (TPSA) is 59.9 Å². The van der Waals surface area contributed by atoms with Crippen LogP contribution in [0, 0.1) is 0 Å². The van der Waals surface area contributed by atoms with Gasteiger partial charge in [0.15, 0.2) is 0 Å². The summed E-state index contributed by atoms with van der Waals surface area (Å²) in [5, 5.41) is 5.11. The molecular formula is C24H20Cl2N2O3. The summed E-state index contributed by atoms with van der Waals surface area (Å²) < 4.78 is 11.4. The van der Waals surface area contributed by atoms with E-state index in [-0.39, 0.29) is 0 Å². The molecule has 0 heterocycles. The van der Waals surface area contributed by atoms with Crippen molar-refractivity contribution in [1.82, 2.24) is 5.43 Å². The molecule has 1 amide bonds. The number of hydrogen-bond donors (Lipinski definition) is 1. The Labute approximate surface area is 190 Å². The van der Waals surface area contributed by atoms with Crippen LogP contribution in [0.5, 0.6) is 11.5 Å². The van der Waals surface area contributed by atoms with E-state index >= 15 is 0 Å². The van der Waals surface area contributed by atoms with Crippen molar-refractivity contribution in [2.45, 2.75) is 13.2 Å². The number of amides is 1. The lowest BCUT2D eigenvalue weighted by molar-refractivity contribution is -0.140. The van der Waals surface area contributed by atoms with Crippen LogP contribution in [0.2, 0.25) is 10.0 Å². The number of halogens is 2. The number of carbonyl (C=O) groups is 1. The van der Waals surface area contributed by atoms with E-state index in [1.165, 1.54) is 0 Å². The zero-order valence-corrected chi connectivity index (χ0v) is 18.2. The van der Waals surface area contributed by atoms with Crippen molar-refractivity contribution in [1.29, 1.82) is 0 Å². The number of ether oxygens (including phenoxy) is 2. The lowest BCUT2D eigenvalue weighted by Gasteiger charge is -2.19. The molecule has 0 aliphatic heterocycles. The molecular weight excluding hydrogens is 435 g/mol. The molecule has 0 aliphatic rings. The normalized spacial score (nSPS) is 11.5. The second kappa shape index (κ2) is 11.2. The minimum absolute atomic E-state index is 0.419. The van der Waals surface area contributed by atoms with Crippen LogP contribution in [0.15, 0.2) is 89.5 Å². The van der Waals surface area contributed by atoms with Crippen LogP contribution in [0.1, 0.15) is 12.5 Å². The molecule has 0 fully saturated rings. The second-order valence-electron chi connectivity index (χ2n) is 6.51. The SMILES string of the molecule is CC(=C/c1ccccc1)/C=N/NC(=O)C(Oc1ccc(Cl)cc1)Oc1ccc(Cl)cc1. The van der Waals surface area contributed by atoms with E-state index in [2.05, 4.69) is 10.5 Å². The Bertz CT molecular complexity index is 1000. The minimum atomic E-state index is -1.28. The highest BCUT2D eigenvalue weighted by Gasteiger charge is 2.22. The van der Waals surface area contributed by atoms with E-state index in [1.54, 1.807) is 54.7 Å². The quantitative estimate of drug-likeness (QED) is 0.258. The van der Waals surface area contributed by atoms with Gasteiger partial charge in [-0.15, -0.1) is 0 Å². The predicted molar refractivity (Wildman–Crippen MR) is 125 cm³/mol. The van der Waals surface area contributed by atoms with Crippen molar-refractivity contribution in [3.63, 3.8) is 0 Å². The largest absolute Gasteiger partial charge is 0.446 e. The van der Waals surface area contributed by atoms with Crippen LogP contribution >= 0.6 is 23.2 Å². The summed E-state index contributed by atoms with van der Waals surface area (Å²) in [5.41, 5.74) is 4.35. The molecule has 0 bridgehead atoms. The third-order valence-electron chi connectivity index (χ3n) is 3.96. The van der Waals surface area contributed by atoms with E-state index in [4.69, 9.17) is 32.7 Å². The number of nitrogens with zero attached hydrogens (tertiary/aromatic N) is 1. The Morgan fingerprint density at radius 1 is 0.871 bits per heavy atom. The molecule has 0 aliphatic carbocycles. The van der Waals surface area contributed by atoms with Gasteiger partial charge in [0, 0.05) is 10.0 Å². The van der Waals surface area contributed by atoms with Gasteiger partial charge in [-0.05, 0) is 66.6 Å². The van der Waals surface area contributed by atoms with Crippen LogP contribution in [0.25, 0.3) is 6.08 Å². The van der Waals surface area contributed by atoms with E-state index in [0.717, 1.165) is 11.1 Å². The van der Waals surface area contributed by atoms with Crippen molar-refractivity contribution >= 4 is 41.4 Å². The zero-order valence-electron chi connectivity index (χ0n) is 16.7. The summed E-state index contributed by atoms with van der Waals surface area (Å²) in [6.07, 6.45) is 2.21. The van der Waals surface area contributed by atoms with Crippen molar-refractivity contribution < 1.29 is 14.3 Å². The Morgan fingerprint density at radius 2 is 1.39 bits per heavy atom. The van der Waals surface area contributed by atoms with Gasteiger partial charge in [-0.3, -0.25) is 4.79 Å². The number of hydrazone groups is 1. The maximum absolute atomic E-state index is 12.7. The summed E-state index contributed by atoms with van der Waals surface area (Å²) in [6.45, 7) is 1.88. The standard InChI is InChI=1S/C24H20Cl2N2O3/c1-17(15-18-5-3-2-4-6-18)16-27-28-23(29)24(30-21-11-7-19(25)8-12-21)31-22-13-9-20(26)10-14-22/h2-16,24H,1H3,(H,28,29)/b17-15-,27-16+. The van der Waals surface area contributed by atoms with E-state index in [9.17, 15) is 4.79 Å². The van der Waals surface area contributed by atoms with Crippen LogP contribution in [0.3, 0.4) is 0 Å². The van der Waals surface area contributed by atoms with Crippen LogP contribution in [-0.4, -0.2) is 18.4 Å². The molecule has 5 nitrogen and oxygen atoms in total. The Balaban J connectivity index is 1.69. The highest BCUT2D eigenvalue weighted by Crippen LogP contribution is 2.20. The van der Waals surface area contributed by atoms with E-state index in [0.29, 0.717) is 21.5 Å². The first-order valence-corrected chi connectivity index (χ1v) is 10.2. The molecule has 3 rings (SSSR count). The summed E-state index contributed by atoms with van der Waals surface area (Å²) in [5.74, 6) is 0.263. The van der Waals surface area contributed by atoms with Crippen molar-refractivity contribution in [2.75, 3.05) is 0 Å². The molecule has 0 spiro atoms. The molecule has 7 heteroatoms. The third-order valence-corrected chi connectivity index (χ3v) is 4.47. The molecule has 1 N–H and O–H groups in total. The molecule has 0 radical (unpaired) electrons. The van der Waals surface area contributed by atoms with Gasteiger partial charge in [-0.1, -0.05) is 59.6 Å². The minimum Gasteiger partial charge on any atom is -0.446 e. The van der Waals surface area contributed by atoms with Gasteiger partial charge >= 0.3 is 12.2 Å². The average molecular weight is 455 g/mol. The molecule has 0 aromatic heterocycles. The fourth-order valence-corrected chi connectivity index (χ4v) is 2.76. The predicted octanol–water partition coefficient (Wildman–Crippen LogP) is 5.98. The maximum Gasteiger partial charge on any atom is 0.323 e. The molecule has 0 saturated carbocycles. The molecule has 0 atom stereocenters. The second-order valence-corrected chi connectivity index (χ2v) is 7.38. The summed E-state index contributed by atoms with van der Waals surface area (Å²) >= 11 is 11.8. The van der Waals surface area contributed by atoms with Crippen LogP contribution < -0.4 is 14.9 Å². The Hall–Kier alpha value is -3.28. The summed E-state index contributed by atoms with van der Waals surface area (Å²) in [6, 6.07) is 23.0. The number of allylic oxidation sites excluding steroid dienone is 1. The monoisotopic (exact) mass is 454 g/mol. The number of rotatable bonds is 8. The first-order chi connectivity index (χ1) is 15.0. The van der Waals surface area contributed by atoms with Gasteiger partial charge in [0.2, 0.25) is 0 Å². The van der Waals surface area contributed by atoms with Crippen molar-refractivity contribution in [2.24, 2.45) is 5.10 Å². The zero-order chi connectivity index (χ0) is 22.1. The number of hydrogen-bond acceptors (Lipinski definition) is 4. The van der Waals surface area contributed by atoms with Crippen molar-refractivity contribution in [3.05, 3.63) is 100 Å². The number of carbonyl (C=O) groups excluding carboxylic acids is 1. The van der Waals surface area contributed by atoms with Crippen molar-refractivity contribution in [3.8, 4) is 11.5 Å². The maximum atomic E-state index is 12.7. The van der Waals surface area contributed by atoms with Gasteiger partial charge in [-0.2, -0.15) is 5.10 Å². The summed E-state index contributed by atoms with van der Waals surface area (Å²) in [4.78, 5) is 12.7. The number of benzene rings is 3. The van der Waals surface area contributed by atoms with Gasteiger partial charge in [0.05, 0.1) is 6.21 Å². The smallest absolute Gasteiger partial charge is 0.323 e. The van der Waals surface area contributed by atoms with Crippen LogP contribution in [0.4, 0.5) is 0 Å². The van der Waals surface area contributed by atoms with Crippen LogP contribution in [-0.2, 0) is 4.79 Å². The third kappa shape index (κ3) is 7.48. The van der Waals surface area contributed by atoms with Gasteiger partial charge in [-0.25, -0.2) is 5.43 Å². The lowest BCUT2D eigenvalue weighted by Crippen LogP contribution is -2.40. The lowest BCUT2D eigenvalue weighted by atomic mass is 10.1. The average Bonchev–Trinajstić information content (AvgIpc) is 2.77. The Kier molecular flexibility index (Phi) is 8.10. The summed E-state index contributed by atoms with van der Waals surface area (Å²) in [7, 11) is 0. The fourth-order valence-electron chi connectivity index (χ4n) is 2.50. The first-order valence-electron chi connectivity index (χ1n) is 9.40. The van der Waals surface area contributed by atoms with Gasteiger partial charge in [0.1, 0.15) is 11.5 Å². The molecule has 158 valence electrons. The Morgan fingerprint density at radius 3 is 1.90 bits per heavy atom. The fraction of sp³-hybridized carbons (Fsp3) is 0.0833. The molecule has 0 unspecified atom stereocenters. The first kappa shape index (κ1) is 22.4. The molecule has 0 saturated heterocycles. The van der Waals surface area contributed by atoms with Gasteiger partial charge < -0.3 is 9.47 Å². The van der Waals surface area contributed by atoms with E-state index in [1.807, 2.05) is 43.3 Å². The molecule has 31 heavy (non-hydrogen) atoms. The highest BCUT2D eigenvalue weighted by molar-refractivity contribution is 6.30. The van der Waals surface area contributed by atoms with E-state index < -0.39 is 12.2 Å².